The number of phenolic OH excluding ortho intramolecular Hbond substituents is 1. The van der Waals surface area contributed by atoms with Crippen molar-refractivity contribution in [2.75, 3.05) is 48.8 Å². The summed E-state index contributed by atoms with van der Waals surface area (Å²) in [7, 11) is 2.15. The summed E-state index contributed by atoms with van der Waals surface area (Å²) in [5.74, 6) is 0.446. The Hall–Kier alpha value is -3.56. The zero-order valence-electron chi connectivity index (χ0n) is 18.2. The van der Waals surface area contributed by atoms with Crippen LogP contribution in [0.25, 0.3) is 6.08 Å². The number of aromatic nitrogens is 2. The summed E-state index contributed by atoms with van der Waals surface area (Å²) in [5, 5.41) is 16.2. The van der Waals surface area contributed by atoms with Gasteiger partial charge in [0.25, 0.3) is 5.91 Å². The second-order valence-electron chi connectivity index (χ2n) is 8.03. The minimum Gasteiger partial charge on any atom is -0.508 e. The highest BCUT2D eigenvalue weighted by molar-refractivity contribution is 8.04. The molecule has 1 amide bonds. The molecule has 5 rings (SSSR count). The first-order chi connectivity index (χ1) is 16.0. The summed E-state index contributed by atoms with van der Waals surface area (Å²) in [5.41, 5.74) is 3.52. The summed E-state index contributed by atoms with van der Waals surface area (Å²) < 4.78 is 0. The molecular formula is C24H24N6O2S. The van der Waals surface area contributed by atoms with E-state index in [-0.39, 0.29) is 11.7 Å². The van der Waals surface area contributed by atoms with Crippen LogP contribution < -0.4 is 15.5 Å². The van der Waals surface area contributed by atoms with Crippen molar-refractivity contribution >= 4 is 46.8 Å². The zero-order valence-corrected chi connectivity index (χ0v) is 19.0. The van der Waals surface area contributed by atoms with Crippen LogP contribution in [0.3, 0.4) is 0 Å². The Balaban J connectivity index is 1.30. The summed E-state index contributed by atoms with van der Waals surface area (Å²) in [6.45, 7) is 4.20. The molecule has 9 heteroatoms. The molecular weight excluding hydrogens is 436 g/mol. The number of carbonyl (C=O) groups excluding carboxylic acids is 1. The Morgan fingerprint density at radius 3 is 2.52 bits per heavy atom. The fraction of sp³-hybridized carbons (Fsp3) is 0.208. The van der Waals surface area contributed by atoms with E-state index in [0.717, 1.165) is 37.4 Å². The number of hydrogen-bond acceptors (Lipinski definition) is 8. The highest BCUT2D eigenvalue weighted by Gasteiger charge is 2.23. The number of likely N-dealkylation sites (N-methyl/N-ethyl adjacent to an activating group) is 1. The van der Waals surface area contributed by atoms with E-state index in [1.165, 1.54) is 17.4 Å². The highest BCUT2D eigenvalue weighted by Crippen LogP contribution is 2.38. The third-order valence-corrected chi connectivity index (χ3v) is 6.64. The number of thioether (sulfide) groups is 1. The third-order valence-electron chi connectivity index (χ3n) is 5.62. The van der Waals surface area contributed by atoms with Crippen molar-refractivity contribution in [2.45, 2.75) is 5.03 Å². The zero-order chi connectivity index (χ0) is 22.8. The van der Waals surface area contributed by atoms with Crippen LogP contribution in [0.2, 0.25) is 0 Å². The van der Waals surface area contributed by atoms with Gasteiger partial charge in [-0.2, -0.15) is 0 Å². The van der Waals surface area contributed by atoms with Crippen molar-refractivity contribution in [1.82, 2.24) is 14.9 Å². The van der Waals surface area contributed by atoms with Crippen molar-refractivity contribution in [2.24, 2.45) is 0 Å². The second kappa shape index (κ2) is 9.13. The van der Waals surface area contributed by atoms with Crippen LogP contribution in [0, 0.1) is 0 Å². The Morgan fingerprint density at radius 1 is 1.06 bits per heavy atom. The lowest BCUT2D eigenvalue weighted by molar-refractivity contribution is -0.112. The molecule has 3 N–H and O–H groups in total. The van der Waals surface area contributed by atoms with Crippen molar-refractivity contribution < 1.29 is 9.90 Å². The highest BCUT2D eigenvalue weighted by atomic mass is 32.2. The van der Waals surface area contributed by atoms with Gasteiger partial charge in [-0.05, 0) is 55.1 Å². The van der Waals surface area contributed by atoms with Crippen LogP contribution in [0.4, 0.5) is 23.0 Å². The van der Waals surface area contributed by atoms with Crippen molar-refractivity contribution in [3.63, 3.8) is 0 Å². The Bertz CT molecular complexity index is 1190. The molecule has 0 spiro atoms. The first-order valence-electron chi connectivity index (χ1n) is 10.7. The number of anilines is 4. The molecule has 0 radical (unpaired) electrons. The minimum atomic E-state index is -0.204. The Labute approximate surface area is 196 Å². The van der Waals surface area contributed by atoms with Gasteiger partial charge in [0.15, 0.2) is 0 Å². The van der Waals surface area contributed by atoms with E-state index in [4.69, 9.17) is 0 Å². The van der Waals surface area contributed by atoms with Crippen LogP contribution in [0.5, 0.6) is 5.75 Å². The Morgan fingerprint density at radius 2 is 1.79 bits per heavy atom. The monoisotopic (exact) mass is 460 g/mol. The molecule has 0 aliphatic carbocycles. The molecule has 2 aromatic carbocycles. The molecule has 0 saturated carbocycles. The van der Waals surface area contributed by atoms with Gasteiger partial charge in [-0.25, -0.2) is 9.97 Å². The van der Waals surface area contributed by atoms with Gasteiger partial charge in [0.2, 0.25) is 5.95 Å². The number of carbonyl (C=O) groups is 1. The lowest BCUT2D eigenvalue weighted by Crippen LogP contribution is -2.44. The van der Waals surface area contributed by atoms with E-state index in [1.807, 2.05) is 12.1 Å². The number of benzene rings is 2. The molecule has 168 valence electrons. The number of rotatable bonds is 4. The quantitative estimate of drug-likeness (QED) is 0.400. The van der Waals surface area contributed by atoms with E-state index < -0.39 is 0 Å². The molecule has 1 saturated heterocycles. The van der Waals surface area contributed by atoms with E-state index >= 15 is 0 Å². The molecule has 1 aromatic heterocycles. The molecule has 3 heterocycles. The summed E-state index contributed by atoms with van der Waals surface area (Å²) in [4.78, 5) is 26.7. The van der Waals surface area contributed by atoms with Crippen LogP contribution in [-0.2, 0) is 4.79 Å². The predicted octanol–water partition coefficient (Wildman–Crippen LogP) is 3.76. The SMILES string of the molecule is CN1CCN(c2ccc(Nc3ncc4c(n3)S/C(=C\c3ccc(O)cc3)C(=O)N4)cc2)CC1. The average molecular weight is 461 g/mol. The molecule has 8 nitrogen and oxygen atoms in total. The van der Waals surface area contributed by atoms with Crippen molar-refractivity contribution in [3.05, 3.63) is 65.2 Å². The molecule has 3 aromatic rings. The minimum absolute atomic E-state index is 0.184. The van der Waals surface area contributed by atoms with Gasteiger partial charge in [-0.3, -0.25) is 4.79 Å². The van der Waals surface area contributed by atoms with Gasteiger partial charge in [0.05, 0.1) is 16.8 Å². The van der Waals surface area contributed by atoms with E-state index in [0.29, 0.717) is 21.6 Å². The molecule has 1 fully saturated rings. The van der Waals surface area contributed by atoms with Crippen LogP contribution in [0.15, 0.2) is 64.7 Å². The number of aromatic hydroxyl groups is 1. The maximum Gasteiger partial charge on any atom is 0.262 e. The van der Waals surface area contributed by atoms with E-state index in [2.05, 4.69) is 49.6 Å². The molecule has 0 atom stereocenters. The number of nitrogens with zero attached hydrogens (tertiary/aromatic N) is 4. The van der Waals surface area contributed by atoms with E-state index in [1.54, 1.807) is 36.5 Å². The van der Waals surface area contributed by atoms with Crippen LogP contribution >= 0.6 is 11.8 Å². The third kappa shape index (κ3) is 4.94. The number of hydrogen-bond donors (Lipinski definition) is 3. The molecule has 33 heavy (non-hydrogen) atoms. The lowest BCUT2D eigenvalue weighted by atomic mass is 10.2. The number of phenols is 1. The average Bonchev–Trinajstić information content (AvgIpc) is 2.82. The smallest absolute Gasteiger partial charge is 0.262 e. The lowest BCUT2D eigenvalue weighted by Gasteiger charge is -2.34. The number of nitrogens with one attached hydrogen (secondary N) is 2. The predicted molar refractivity (Wildman–Crippen MR) is 132 cm³/mol. The first kappa shape index (κ1) is 21.3. The number of fused-ring (bicyclic) bond motifs is 1. The van der Waals surface area contributed by atoms with Gasteiger partial charge in [0.1, 0.15) is 10.8 Å². The van der Waals surface area contributed by atoms with Crippen molar-refractivity contribution in [1.29, 1.82) is 0 Å². The maximum atomic E-state index is 12.5. The van der Waals surface area contributed by atoms with Crippen LogP contribution in [-0.4, -0.2) is 59.1 Å². The van der Waals surface area contributed by atoms with Gasteiger partial charge >= 0.3 is 0 Å². The number of amides is 1. The standard InChI is InChI=1S/C24H24N6O2S/c1-29-10-12-30(13-11-29)18-6-4-17(5-7-18)26-24-25-15-20-23(28-24)33-21(22(32)27-20)14-16-2-8-19(31)9-3-16/h2-9,14-15,31H,10-13H2,1H3,(H,27,32)(H,25,26,28)/b21-14-. The van der Waals surface area contributed by atoms with Gasteiger partial charge in [-0.1, -0.05) is 23.9 Å². The van der Waals surface area contributed by atoms with Crippen LogP contribution in [0.1, 0.15) is 5.56 Å². The van der Waals surface area contributed by atoms with Crippen molar-refractivity contribution in [3.8, 4) is 5.75 Å². The molecule has 0 unspecified atom stereocenters. The summed E-state index contributed by atoms with van der Waals surface area (Å²) in [6.07, 6.45) is 3.39. The first-order valence-corrected chi connectivity index (χ1v) is 11.5. The summed E-state index contributed by atoms with van der Waals surface area (Å²) in [6, 6.07) is 15.0. The van der Waals surface area contributed by atoms with E-state index in [9.17, 15) is 9.90 Å². The van der Waals surface area contributed by atoms with Gasteiger partial charge in [-0.15, -0.1) is 0 Å². The fourth-order valence-electron chi connectivity index (χ4n) is 3.69. The largest absolute Gasteiger partial charge is 0.508 e. The second-order valence-corrected chi connectivity index (χ2v) is 9.06. The normalized spacial score (nSPS) is 17.5. The Kier molecular flexibility index (Phi) is 5.89. The molecule has 2 aliphatic heterocycles. The topological polar surface area (TPSA) is 93.6 Å². The molecule has 0 bridgehead atoms. The fourth-order valence-corrected chi connectivity index (χ4v) is 4.58. The summed E-state index contributed by atoms with van der Waals surface area (Å²) >= 11 is 1.30. The molecule has 2 aliphatic rings. The maximum absolute atomic E-state index is 12.5. The van der Waals surface area contributed by atoms with Gasteiger partial charge in [0, 0.05) is 37.6 Å². The number of piperazine rings is 1. The van der Waals surface area contributed by atoms with Gasteiger partial charge < -0.3 is 25.5 Å².